The van der Waals surface area contributed by atoms with Gasteiger partial charge in [0.2, 0.25) is 0 Å². The van der Waals surface area contributed by atoms with Gasteiger partial charge in [-0.2, -0.15) is 0 Å². The van der Waals surface area contributed by atoms with Crippen LogP contribution in [0.5, 0.6) is 5.75 Å². The summed E-state index contributed by atoms with van der Waals surface area (Å²) < 4.78 is 5.50. The molecule has 0 saturated carbocycles. The lowest BCUT2D eigenvalue weighted by Gasteiger charge is -2.32. The minimum atomic E-state index is 0.293. The number of benzene rings is 1. The van der Waals surface area contributed by atoms with Crippen LogP contribution in [0, 0.1) is 6.92 Å². The molecule has 17 heavy (non-hydrogen) atoms. The van der Waals surface area contributed by atoms with Gasteiger partial charge in [-0.05, 0) is 31.7 Å². The third-order valence-electron chi connectivity index (χ3n) is 3.23. The number of likely N-dealkylation sites (N-methyl/N-ethyl adjacent to an activating group) is 1. The zero-order valence-corrected chi connectivity index (χ0v) is 11.3. The summed E-state index contributed by atoms with van der Waals surface area (Å²) in [6, 6.07) is 4.24. The molecule has 4 heteroatoms. The van der Waals surface area contributed by atoms with E-state index in [9.17, 15) is 0 Å². The van der Waals surface area contributed by atoms with Crippen LogP contribution < -0.4 is 10.1 Å². The van der Waals surface area contributed by atoms with Gasteiger partial charge in [0.25, 0.3) is 0 Å². The predicted octanol–water partition coefficient (Wildman–Crippen LogP) is 2.23. The van der Waals surface area contributed by atoms with Crippen LogP contribution in [0.3, 0.4) is 0 Å². The Bertz CT molecular complexity index is 409. The number of aryl methyl sites for hydroxylation is 1. The van der Waals surface area contributed by atoms with Crippen molar-refractivity contribution < 1.29 is 4.74 Å². The normalized spacial score (nSPS) is 21.5. The zero-order chi connectivity index (χ0) is 12.4. The Morgan fingerprint density at radius 3 is 2.88 bits per heavy atom. The lowest BCUT2D eigenvalue weighted by atomic mass is 10.0. The Morgan fingerprint density at radius 2 is 2.24 bits per heavy atom. The van der Waals surface area contributed by atoms with Crippen LogP contribution in [-0.2, 0) is 0 Å². The average molecular weight is 255 g/mol. The van der Waals surface area contributed by atoms with E-state index in [1.165, 1.54) is 0 Å². The smallest absolute Gasteiger partial charge is 0.126 e. The predicted molar refractivity (Wildman–Crippen MR) is 71.0 cm³/mol. The molecule has 1 N–H and O–H groups in total. The van der Waals surface area contributed by atoms with Gasteiger partial charge in [0.1, 0.15) is 5.75 Å². The number of methoxy groups -OCH3 is 1. The van der Waals surface area contributed by atoms with Crippen molar-refractivity contribution in [3.8, 4) is 5.75 Å². The fraction of sp³-hybridized carbons (Fsp3) is 0.538. The maximum absolute atomic E-state index is 6.14. The van der Waals surface area contributed by atoms with E-state index >= 15 is 0 Å². The molecule has 1 aromatic carbocycles. The van der Waals surface area contributed by atoms with Crippen molar-refractivity contribution in [3.05, 3.63) is 28.3 Å². The molecular formula is C13H19ClN2O. The molecule has 1 heterocycles. The van der Waals surface area contributed by atoms with E-state index in [0.717, 1.165) is 41.5 Å². The van der Waals surface area contributed by atoms with Crippen LogP contribution in [0.25, 0.3) is 0 Å². The first-order chi connectivity index (χ1) is 8.11. The monoisotopic (exact) mass is 254 g/mol. The van der Waals surface area contributed by atoms with Gasteiger partial charge in [-0.3, -0.25) is 0 Å². The Hall–Kier alpha value is -0.770. The first kappa shape index (κ1) is 12.7. The topological polar surface area (TPSA) is 24.5 Å². The Morgan fingerprint density at radius 1 is 1.47 bits per heavy atom. The second-order valence-electron chi connectivity index (χ2n) is 4.61. The number of piperazine rings is 1. The molecule has 0 bridgehead atoms. The fourth-order valence-corrected chi connectivity index (χ4v) is 2.68. The minimum absolute atomic E-state index is 0.293. The lowest BCUT2D eigenvalue weighted by Crippen LogP contribution is -2.43. The number of halogens is 1. The number of ether oxygens (including phenoxy) is 1. The summed E-state index contributed by atoms with van der Waals surface area (Å²) in [5.74, 6) is 0.946. The quantitative estimate of drug-likeness (QED) is 0.876. The van der Waals surface area contributed by atoms with Gasteiger partial charge in [0.15, 0.2) is 0 Å². The van der Waals surface area contributed by atoms with Gasteiger partial charge in [-0.1, -0.05) is 11.6 Å². The number of nitrogens with zero attached hydrogens (tertiary/aromatic N) is 1. The molecule has 1 aliphatic heterocycles. The molecule has 3 nitrogen and oxygen atoms in total. The molecule has 1 saturated heterocycles. The number of nitrogens with one attached hydrogen (secondary N) is 1. The molecule has 0 spiro atoms. The summed E-state index contributed by atoms with van der Waals surface area (Å²) in [6.07, 6.45) is 0. The first-order valence-electron chi connectivity index (χ1n) is 5.87. The average Bonchev–Trinajstić information content (AvgIpc) is 2.28. The highest BCUT2D eigenvalue weighted by atomic mass is 35.5. The second-order valence-corrected chi connectivity index (χ2v) is 5.05. The summed E-state index contributed by atoms with van der Waals surface area (Å²) in [5.41, 5.74) is 2.24. The van der Waals surface area contributed by atoms with Crippen molar-refractivity contribution in [3.63, 3.8) is 0 Å². The third kappa shape index (κ3) is 2.73. The molecule has 0 amide bonds. The van der Waals surface area contributed by atoms with Gasteiger partial charge in [-0.25, -0.2) is 0 Å². The summed E-state index contributed by atoms with van der Waals surface area (Å²) in [6.45, 7) is 5.09. The van der Waals surface area contributed by atoms with Crippen LogP contribution >= 0.6 is 11.6 Å². The van der Waals surface area contributed by atoms with Crippen LogP contribution in [0.1, 0.15) is 17.2 Å². The van der Waals surface area contributed by atoms with Crippen molar-refractivity contribution in [2.75, 3.05) is 33.8 Å². The summed E-state index contributed by atoms with van der Waals surface area (Å²) in [7, 11) is 3.85. The second kappa shape index (κ2) is 5.25. The first-order valence-corrected chi connectivity index (χ1v) is 6.25. The molecule has 0 aliphatic carbocycles. The van der Waals surface area contributed by atoms with Crippen LogP contribution in [0.15, 0.2) is 12.1 Å². The molecular weight excluding hydrogens is 236 g/mol. The highest BCUT2D eigenvalue weighted by molar-refractivity contribution is 6.30. The molecule has 1 aromatic rings. The fourth-order valence-electron chi connectivity index (χ4n) is 2.40. The van der Waals surface area contributed by atoms with Gasteiger partial charge in [0.05, 0.1) is 7.11 Å². The standard InChI is InChI=1S/C13H19ClN2O/c1-9-6-10(14)7-11(13(9)17-3)12-8-16(2)5-4-15-12/h6-7,12,15H,4-5,8H2,1-3H3. The zero-order valence-electron chi connectivity index (χ0n) is 10.6. The van der Waals surface area contributed by atoms with Gasteiger partial charge in [0, 0.05) is 36.3 Å². The molecule has 2 rings (SSSR count). The molecule has 1 atom stereocenters. The maximum atomic E-state index is 6.14. The molecule has 1 fully saturated rings. The molecule has 94 valence electrons. The van der Waals surface area contributed by atoms with Crippen molar-refractivity contribution in [1.29, 1.82) is 0 Å². The van der Waals surface area contributed by atoms with E-state index in [1.54, 1.807) is 7.11 Å². The van der Waals surface area contributed by atoms with Crippen molar-refractivity contribution in [2.24, 2.45) is 0 Å². The molecule has 0 aromatic heterocycles. The van der Waals surface area contributed by atoms with Gasteiger partial charge < -0.3 is 15.0 Å². The van der Waals surface area contributed by atoms with E-state index in [4.69, 9.17) is 16.3 Å². The Labute approximate surface area is 108 Å². The summed E-state index contributed by atoms with van der Waals surface area (Å²) in [4.78, 5) is 2.32. The van der Waals surface area contributed by atoms with Crippen LogP contribution in [-0.4, -0.2) is 38.7 Å². The van der Waals surface area contributed by atoms with Gasteiger partial charge >= 0.3 is 0 Å². The van der Waals surface area contributed by atoms with E-state index in [-0.39, 0.29) is 0 Å². The third-order valence-corrected chi connectivity index (χ3v) is 3.44. The van der Waals surface area contributed by atoms with E-state index < -0.39 is 0 Å². The highest BCUT2D eigenvalue weighted by Gasteiger charge is 2.22. The highest BCUT2D eigenvalue weighted by Crippen LogP contribution is 2.33. The molecule has 1 aliphatic rings. The number of rotatable bonds is 2. The van der Waals surface area contributed by atoms with Crippen LogP contribution in [0.4, 0.5) is 0 Å². The summed E-state index contributed by atoms with van der Waals surface area (Å²) in [5, 5.41) is 4.29. The van der Waals surface area contributed by atoms with Crippen molar-refractivity contribution >= 4 is 11.6 Å². The maximum Gasteiger partial charge on any atom is 0.126 e. The summed E-state index contributed by atoms with van der Waals surface area (Å²) >= 11 is 6.14. The Kier molecular flexibility index (Phi) is 3.92. The SMILES string of the molecule is COc1c(C)cc(Cl)cc1C1CN(C)CCN1. The Balaban J connectivity index is 2.35. The van der Waals surface area contributed by atoms with Crippen molar-refractivity contribution in [1.82, 2.24) is 10.2 Å². The number of hydrogen-bond acceptors (Lipinski definition) is 3. The van der Waals surface area contributed by atoms with E-state index in [0.29, 0.717) is 6.04 Å². The number of hydrogen-bond donors (Lipinski definition) is 1. The molecule has 0 radical (unpaired) electrons. The lowest BCUT2D eigenvalue weighted by molar-refractivity contribution is 0.237. The van der Waals surface area contributed by atoms with E-state index in [1.807, 2.05) is 19.1 Å². The molecule has 1 unspecified atom stereocenters. The largest absolute Gasteiger partial charge is 0.496 e. The van der Waals surface area contributed by atoms with Crippen LogP contribution in [0.2, 0.25) is 5.02 Å². The minimum Gasteiger partial charge on any atom is -0.496 e. The van der Waals surface area contributed by atoms with E-state index in [2.05, 4.69) is 17.3 Å². The van der Waals surface area contributed by atoms with Gasteiger partial charge in [-0.15, -0.1) is 0 Å². The van der Waals surface area contributed by atoms with Crippen molar-refractivity contribution in [2.45, 2.75) is 13.0 Å².